The van der Waals surface area contributed by atoms with Gasteiger partial charge in [0.1, 0.15) is 15.6 Å². The van der Waals surface area contributed by atoms with Crippen LogP contribution in [0, 0.1) is 6.92 Å². The molecule has 0 bridgehead atoms. The Labute approximate surface area is 119 Å². The van der Waals surface area contributed by atoms with Crippen LogP contribution in [0.4, 0.5) is 5.00 Å². The molecule has 0 aliphatic rings. The van der Waals surface area contributed by atoms with E-state index in [1.165, 1.54) is 16.4 Å². The number of aryl methyl sites for hydroxylation is 2. The minimum Gasteiger partial charge on any atom is -0.478 e. The number of nitrogens with one attached hydrogen (secondary N) is 1. The minimum absolute atomic E-state index is 0.0248. The molecule has 2 heterocycles. The molecular weight excluding hydrogens is 282 g/mol. The van der Waals surface area contributed by atoms with Gasteiger partial charge in [0.15, 0.2) is 0 Å². The zero-order valence-electron chi connectivity index (χ0n) is 10.9. The third kappa shape index (κ3) is 2.93. The number of carboxylic acids is 1. The maximum Gasteiger partial charge on any atom is 0.340 e. The molecule has 0 aliphatic heterocycles. The predicted molar refractivity (Wildman–Crippen MR) is 77.3 cm³/mol. The molecule has 2 aromatic rings. The average Bonchev–Trinajstić information content (AvgIpc) is 2.96. The predicted octanol–water partition coefficient (Wildman–Crippen LogP) is 3.34. The monoisotopic (exact) mass is 297 g/mol. The van der Waals surface area contributed by atoms with Crippen molar-refractivity contribution in [2.45, 2.75) is 33.2 Å². The van der Waals surface area contributed by atoms with Crippen LogP contribution in [-0.2, 0) is 6.42 Å². The second-order valence-corrected chi connectivity index (χ2v) is 6.08. The number of hydrogen-bond acceptors (Lipinski definition) is 6. The molecule has 2 aromatic heterocycles. The number of aromatic carboxylic acids is 1. The summed E-state index contributed by atoms with van der Waals surface area (Å²) in [6, 6.07) is -0.0248. The smallest absolute Gasteiger partial charge is 0.340 e. The van der Waals surface area contributed by atoms with Crippen LogP contribution >= 0.6 is 22.9 Å². The van der Waals surface area contributed by atoms with E-state index in [1.54, 1.807) is 18.3 Å². The van der Waals surface area contributed by atoms with Crippen molar-refractivity contribution in [3.05, 3.63) is 27.3 Å². The largest absolute Gasteiger partial charge is 0.478 e. The summed E-state index contributed by atoms with van der Waals surface area (Å²) < 4.78 is 4.09. The number of carbonyl (C=O) groups is 1. The zero-order chi connectivity index (χ0) is 14.0. The summed E-state index contributed by atoms with van der Waals surface area (Å²) in [7, 11) is 0. The van der Waals surface area contributed by atoms with Crippen molar-refractivity contribution >= 4 is 33.8 Å². The summed E-state index contributed by atoms with van der Waals surface area (Å²) in [5.74, 6) is -0.950. The van der Waals surface area contributed by atoms with Gasteiger partial charge in [0.2, 0.25) is 0 Å². The summed E-state index contributed by atoms with van der Waals surface area (Å²) >= 11 is 2.82. The van der Waals surface area contributed by atoms with E-state index in [0.29, 0.717) is 10.7 Å². The van der Waals surface area contributed by atoms with Crippen LogP contribution in [0.1, 0.15) is 45.8 Å². The molecule has 7 heteroatoms. The molecule has 2 rings (SSSR count). The van der Waals surface area contributed by atoms with Crippen LogP contribution in [0.2, 0.25) is 0 Å². The van der Waals surface area contributed by atoms with Crippen molar-refractivity contribution in [3.8, 4) is 0 Å². The fourth-order valence-electron chi connectivity index (χ4n) is 1.66. The number of hydrogen-bond donors (Lipinski definition) is 2. The summed E-state index contributed by atoms with van der Waals surface area (Å²) in [6.45, 7) is 5.76. The normalized spacial score (nSPS) is 12.4. The second kappa shape index (κ2) is 5.66. The first-order valence-corrected chi connectivity index (χ1v) is 7.52. The molecule has 0 radical (unpaired) electrons. The molecule has 0 fully saturated rings. The molecule has 102 valence electrons. The highest BCUT2D eigenvalue weighted by molar-refractivity contribution is 7.12. The minimum atomic E-state index is -0.950. The number of carboxylic acid groups (broad SMARTS) is 1. The number of anilines is 1. The first-order chi connectivity index (χ1) is 9.02. The van der Waals surface area contributed by atoms with Gasteiger partial charge in [-0.05, 0) is 31.8 Å². The standard InChI is InChI=1S/C12H15N3O2S2/c1-4-8-5-13-10(18-8)7(3)14-11-9(12(16)17)6(2)15-19-11/h5,7,14H,4H2,1-3H3,(H,16,17). The molecule has 0 amide bonds. The van der Waals surface area contributed by atoms with Gasteiger partial charge in [0.05, 0.1) is 11.7 Å². The van der Waals surface area contributed by atoms with E-state index in [9.17, 15) is 9.90 Å². The van der Waals surface area contributed by atoms with Gasteiger partial charge in [-0.25, -0.2) is 9.78 Å². The lowest BCUT2D eigenvalue weighted by Gasteiger charge is -2.11. The van der Waals surface area contributed by atoms with Crippen molar-refractivity contribution < 1.29 is 9.90 Å². The van der Waals surface area contributed by atoms with Gasteiger partial charge in [-0.3, -0.25) is 0 Å². The molecule has 1 unspecified atom stereocenters. The SMILES string of the molecule is CCc1cnc(C(C)Nc2snc(C)c2C(=O)O)s1. The van der Waals surface area contributed by atoms with E-state index in [0.717, 1.165) is 11.4 Å². The average molecular weight is 297 g/mol. The van der Waals surface area contributed by atoms with E-state index in [2.05, 4.69) is 21.6 Å². The Hall–Kier alpha value is -1.47. The molecule has 0 saturated heterocycles. The maximum absolute atomic E-state index is 11.2. The number of thiazole rings is 1. The van der Waals surface area contributed by atoms with Gasteiger partial charge in [-0.1, -0.05) is 6.92 Å². The van der Waals surface area contributed by atoms with Crippen LogP contribution in [-0.4, -0.2) is 20.4 Å². The maximum atomic E-state index is 11.2. The highest BCUT2D eigenvalue weighted by Crippen LogP contribution is 2.30. The molecule has 0 aromatic carbocycles. The van der Waals surface area contributed by atoms with Crippen molar-refractivity contribution in [2.75, 3.05) is 5.32 Å². The lowest BCUT2D eigenvalue weighted by Crippen LogP contribution is -2.09. The van der Waals surface area contributed by atoms with E-state index in [1.807, 2.05) is 13.1 Å². The van der Waals surface area contributed by atoms with Gasteiger partial charge in [0, 0.05) is 11.1 Å². The molecule has 19 heavy (non-hydrogen) atoms. The van der Waals surface area contributed by atoms with Crippen LogP contribution in [0.5, 0.6) is 0 Å². The van der Waals surface area contributed by atoms with Gasteiger partial charge in [0.25, 0.3) is 0 Å². The lowest BCUT2D eigenvalue weighted by atomic mass is 10.2. The number of rotatable bonds is 5. The number of nitrogens with zero attached hydrogens (tertiary/aromatic N) is 2. The molecule has 0 aliphatic carbocycles. The van der Waals surface area contributed by atoms with Gasteiger partial charge >= 0.3 is 5.97 Å². The Morgan fingerprint density at radius 2 is 2.32 bits per heavy atom. The second-order valence-electron chi connectivity index (χ2n) is 4.16. The van der Waals surface area contributed by atoms with E-state index in [-0.39, 0.29) is 11.6 Å². The third-order valence-electron chi connectivity index (χ3n) is 2.71. The van der Waals surface area contributed by atoms with Crippen LogP contribution < -0.4 is 5.32 Å². The van der Waals surface area contributed by atoms with Gasteiger partial charge in [-0.2, -0.15) is 4.37 Å². The summed E-state index contributed by atoms with van der Waals surface area (Å²) in [5.41, 5.74) is 0.796. The van der Waals surface area contributed by atoms with Crippen LogP contribution in [0.3, 0.4) is 0 Å². The fourth-order valence-corrected chi connectivity index (χ4v) is 3.40. The quantitative estimate of drug-likeness (QED) is 0.885. The topological polar surface area (TPSA) is 75.1 Å². The highest BCUT2D eigenvalue weighted by atomic mass is 32.1. The Kier molecular flexibility index (Phi) is 4.16. The molecule has 5 nitrogen and oxygen atoms in total. The van der Waals surface area contributed by atoms with E-state index < -0.39 is 5.97 Å². The molecule has 1 atom stereocenters. The van der Waals surface area contributed by atoms with Crippen molar-refractivity contribution in [1.29, 1.82) is 0 Å². The molecule has 0 spiro atoms. The highest BCUT2D eigenvalue weighted by Gasteiger charge is 2.20. The third-order valence-corrected chi connectivity index (χ3v) is 4.91. The Morgan fingerprint density at radius 3 is 2.89 bits per heavy atom. The summed E-state index contributed by atoms with van der Waals surface area (Å²) in [4.78, 5) is 16.8. The van der Waals surface area contributed by atoms with Gasteiger partial charge < -0.3 is 10.4 Å². The van der Waals surface area contributed by atoms with E-state index >= 15 is 0 Å². The Balaban J connectivity index is 2.19. The Bertz CT molecular complexity index is 592. The fraction of sp³-hybridized carbons (Fsp3) is 0.417. The van der Waals surface area contributed by atoms with Crippen LogP contribution in [0.15, 0.2) is 6.20 Å². The van der Waals surface area contributed by atoms with Crippen molar-refractivity contribution in [3.63, 3.8) is 0 Å². The van der Waals surface area contributed by atoms with Gasteiger partial charge in [-0.15, -0.1) is 11.3 Å². The molecule has 2 N–H and O–H groups in total. The first kappa shape index (κ1) is 14.0. The first-order valence-electron chi connectivity index (χ1n) is 5.93. The number of aromatic nitrogens is 2. The Morgan fingerprint density at radius 1 is 1.58 bits per heavy atom. The summed E-state index contributed by atoms with van der Waals surface area (Å²) in [5, 5.41) is 13.9. The summed E-state index contributed by atoms with van der Waals surface area (Å²) in [6.07, 6.45) is 2.83. The van der Waals surface area contributed by atoms with Crippen molar-refractivity contribution in [2.24, 2.45) is 0 Å². The lowest BCUT2D eigenvalue weighted by molar-refractivity contribution is 0.0697. The van der Waals surface area contributed by atoms with E-state index in [4.69, 9.17) is 0 Å². The van der Waals surface area contributed by atoms with Crippen molar-refractivity contribution in [1.82, 2.24) is 9.36 Å². The molecular formula is C12H15N3O2S2. The zero-order valence-corrected chi connectivity index (χ0v) is 12.6. The van der Waals surface area contributed by atoms with Crippen LogP contribution in [0.25, 0.3) is 0 Å². The molecule has 0 saturated carbocycles.